The molecule has 0 amide bonds. The maximum absolute atomic E-state index is 13.7. The Morgan fingerprint density at radius 1 is 0.892 bits per heavy atom. The number of carbonyl (C=O) groups excluding carboxylic acids is 1. The highest BCUT2D eigenvalue weighted by molar-refractivity contribution is 7.89. The third-order valence-electron chi connectivity index (χ3n) is 6.80. The number of aryl methyl sites for hydroxylation is 1. The van der Waals surface area contributed by atoms with Crippen LogP contribution in [0.25, 0.3) is 0 Å². The average Bonchev–Trinajstić information content (AvgIpc) is 2.87. The molecule has 0 aromatic heterocycles. The summed E-state index contributed by atoms with van der Waals surface area (Å²) in [6.45, 7) is 7.99. The summed E-state index contributed by atoms with van der Waals surface area (Å²) >= 11 is 0. The van der Waals surface area contributed by atoms with Gasteiger partial charge in [-0.25, -0.2) is 8.42 Å². The number of sulfonamides is 1. The van der Waals surface area contributed by atoms with E-state index in [4.69, 9.17) is 4.43 Å². The number of benzene rings is 3. The van der Waals surface area contributed by atoms with Crippen LogP contribution < -0.4 is 10.4 Å². The maximum atomic E-state index is 13.7. The second kappa shape index (κ2) is 10.5. The number of aliphatic hydroxyl groups is 1. The van der Waals surface area contributed by atoms with Gasteiger partial charge in [-0.15, -0.1) is 0 Å². The summed E-state index contributed by atoms with van der Waals surface area (Å²) in [6.07, 6.45) is 0.954. The lowest BCUT2D eigenvalue weighted by atomic mass is 10.1. The third kappa shape index (κ3) is 5.12. The summed E-state index contributed by atoms with van der Waals surface area (Å²) in [5.41, 5.74) is 0.903. The first-order chi connectivity index (χ1) is 17.5. The highest BCUT2D eigenvalue weighted by Gasteiger charge is 2.52. The van der Waals surface area contributed by atoms with Crippen LogP contribution in [0.2, 0.25) is 5.04 Å². The molecular formula is C29H33NO5SSi. The van der Waals surface area contributed by atoms with E-state index in [1.54, 1.807) is 12.1 Å². The predicted molar refractivity (Wildman–Crippen MR) is 148 cm³/mol. The lowest BCUT2D eigenvalue weighted by Crippen LogP contribution is -2.68. The van der Waals surface area contributed by atoms with Gasteiger partial charge in [-0.05, 0) is 46.6 Å². The van der Waals surface area contributed by atoms with Gasteiger partial charge in [0.25, 0.3) is 8.32 Å². The Balaban J connectivity index is 1.80. The van der Waals surface area contributed by atoms with Crippen molar-refractivity contribution in [1.29, 1.82) is 0 Å². The van der Waals surface area contributed by atoms with Crippen molar-refractivity contribution < 1.29 is 22.7 Å². The molecule has 6 nitrogen and oxygen atoms in total. The van der Waals surface area contributed by atoms with Gasteiger partial charge >= 0.3 is 0 Å². The zero-order valence-electron chi connectivity index (χ0n) is 21.5. The van der Waals surface area contributed by atoms with Crippen molar-refractivity contribution in [2.45, 2.75) is 49.9 Å². The van der Waals surface area contributed by atoms with E-state index in [1.807, 2.05) is 67.6 Å². The van der Waals surface area contributed by atoms with Crippen LogP contribution in [0.15, 0.2) is 102 Å². The molecule has 37 heavy (non-hydrogen) atoms. The number of hydrogen-bond acceptors (Lipinski definition) is 5. The normalized spacial score (nSPS) is 19.2. The number of aliphatic hydroxyl groups excluding tert-OH is 1. The first kappa shape index (κ1) is 27.2. The van der Waals surface area contributed by atoms with Crippen LogP contribution in [-0.2, 0) is 19.2 Å². The average molecular weight is 536 g/mol. The summed E-state index contributed by atoms with van der Waals surface area (Å²) < 4.78 is 35.1. The molecule has 1 aliphatic rings. The van der Waals surface area contributed by atoms with E-state index in [0.717, 1.165) is 20.2 Å². The van der Waals surface area contributed by atoms with E-state index in [1.165, 1.54) is 24.3 Å². The number of nitrogens with zero attached hydrogens (tertiary/aromatic N) is 1. The Kier molecular flexibility index (Phi) is 7.69. The quantitative estimate of drug-likeness (QED) is 0.469. The number of rotatable bonds is 7. The fraction of sp³-hybridized carbons (Fsp3) is 0.276. The topological polar surface area (TPSA) is 83.9 Å². The lowest BCUT2D eigenvalue weighted by molar-refractivity contribution is -0.122. The third-order valence-corrected chi connectivity index (χ3v) is 13.7. The molecule has 194 valence electrons. The molecule has 0 radical (unpaired) electrons. The smallest absolute Gasteiger partial charge is 0.261 e. The summed E-state index contributed by atoms with van der Waals surface area (Å²) in [5, 5.41) is 12.5. The van der Waals surface area contributed by atoms with Crippen LogP contribution >= 0.6 is 0 Å². The molecule has 0 bridgehead atoms. The van der Waals surface area contributed by atoms with Gasteiger partial charge in [-0.2, -0.15) is 4.31 Å². The van der Waals surface area contributed by atoms with Crippen molar-refractivity contribution >= 4 is 34.5 Å². The molecule has 3 aromatic rings. The van der Waals surface area contributed by atoms with Crippen molar-refractivity contribution in [3.63, 3.8) is 0 Å². The summed E-state index contributed by atoms with van der Waals surface area (Å²) in [6, 6.07) is 25.0. The van der Waals surface area contributed by atoms with Crippen LogP contribution in [0.3, 0.4) is 0 Å². The Bertz CT molecular complexity index is 1330. The molecule has 1 N–H and O–H groups in total. The van der Waals surface area contributed by atoms with Gasteiger partial charge in [0.1, 0.15) is 12.3 Å². The number of ketones is 1. The Labute approximate surface area is 220 Å². The van der Waals surface area contributed by atoms with E-state index < -0.39 is 36.4 Å². The van der Waals surface area contributed by atoms with Crippen molar-refractivity contribution in [1.82, 2.24) is 4.31 Å². The fourth-order valence-corrected chi connectivity index (χ4v) is 11.1. The Hall–Kier alpha value is -2.88. The largest absolute Gasteiger partial charge is 0.405 e. The molecule has 1 aliphatic heterocycles. The van der Waals surface area contributed by atoms with Crippen molar-refractivity contribution in [2.24, 2.45) is 0 Å². The van der Waals surface area contributed by atoms with Crippen LogP contribution in [0.5, 0.6) is 0 Å². The fourth-order valence-electron chi connectivity index (χ4n) is 4.95. The minimum Gasteiger partial charge on any atom is -0.405 e. The van der Waals surface area contributed by atoms with Gasteiger partial charge < -0.3 is 9.53 Å². The van der Waals surface area contributed by atoms with Gasteiger partial charge in [0.15, 0.2) is 5.78 Å². The van der Waals surface area contributed by atoms with E-state index in [9.17, 15) is 18.3 Å². The summed E-state index contributed by atoms with van der Waals surface area (Å²) in [5.74, 6) is -0.432. The molecular weight excluding hydrogens is 502 g/mol. The lowest BCUT2D eigenvalue weighted by Gasteiger charge is -2.44. The minimum atomic E-state index is -4.20. The predicted octanol–water partition coefficient (Wildman–Crippen LogP) is 3.39. The second-order valence-corrected chi connectivity index (χ2v) is 16.5. The number of hydrogen-bond donors (Lipinski definition) is 1. The van der Waals surface area contributed by atoms with Crippen molar-refractivity contribution in [3.05, 3.63) is 103 Å². The van der Waals surface area contributed by atoms with Crippen LogP contribution in [0.1, 0.15) is 26.3 Å². The van der Waals surface area contributed by atoms with E-state index >= 15 is 0 Å². The van der Waals surface area contributed by atoms with Crippen LogP contribution in [0, 0.1) is 6.92 Å². The molecule has 0 spiro atoms. The Morgan fingerprint density at radius 2 is 1.41 bits per heavy atom. The molecule has 2 unspecified atom stereocenters. The zero-order valence-corrected chi connectivity index (χ0v) is 23.4. The van der Waals surface area contributed by atoms with Gasteiger partial charge in [0.05, 0.1) is 11.5 Å². The molecule has 4 rings (SSSR count). The standard InChI is InChI=1S/C29H33NO5SSi/c1-22-15-17-23(18-16-22)36(33,34)30-26(27(31)19-20-28(30)32)21-35-37(29(2,3)4,24-11-7-5-8-12-24)25-13-9-6-10-14-25/h5-20,26,28,32H,21H2,1-4H3. The highest BCUT2D eigenvalue weighted by atomic mass is 32.2. The van der Waals surface area contributed by atoms with E-state index in [0.29, 0.717) is 0 Å². The SMILES string of the molecule is Cc1ccc(S(=O)(=O)N2C(O)C=CC(=O)C2CO[Si](c2ccccc2)(c2ccccc2)C(C)(C)C)cc1. The molecule has 1 heterocycles. The van der Waals surface area contributed by atoms with Gasteiger partial charge in [-0.1, -0.05) is 99.1 Å². The second-order valence-electron chi connectivity index (χ2n) is 10.3. The van der Waals surface area contributed by atoms with Gasteiger partial charge in [0, 0.05) is 0 Å². The first-order valence-corrected chi connectivity index (χ1v) is 15.6. The molecule has 8 heteroatoms. The minimum absolute atomic E-state index is 0.00991. The molecule has 0 fully saturated rings. The molecule has 0 saturated heterocycles. The molecule has 2 atom stereocenters. The van der Waals surface area contributed by atoms with E-state index in [2.05, 4.69) is 20.8 Å². The molecule has 3 aromatic carbocycles. The summed E-state index contributed by atoms with van der Waals surface area (Å²) in [7, 11) is -7.24. The highest BCUT2D eigenvalue weighted by Crippen LogP contribution is 2.37. The number of carbonyl (C=O) groups is 1. The van der Waals surface area contributed by atoms with Gasteiger partial charge in [-0.3, -0.25) is 4.79 Å². The summed E-state index contributed by atoms with van der Waals surface area (Å²) in [4.78, 5) is 13.2. The Morgan fingerprint density at radius 3 is 1.89 bits per heavy atom. The van der Waals surface area contributed by atoms with E-state index in [-0.39, 0.29) is 16.5 Å². The van der Waals surface area contributed by atoms with Crippen LogP contribution in [-0.4, -0.2) is 50.8 Å². The van der Waals surface area contributed by atoms with Crippen molar-refractivity contribution in [3.8, 4) is 0 Å². The molecule has 0 saturated carbocycles. The van der Waals surface area contributed by atoms with Crippen molar-refractivity contribution in [2.75, 3.05) is 6.61 Å². The monoisotopic (exact) mass is 535 g/mol. The zero-order chi connectivity index (χ0) is 26.8. The first-order valence-electron chi connectivity index (χ1n) is 12.2. The van der Waals surface area contributed by atoms with Gasteiger partial charge in [0.2, 0.25) is 10.0 Å². The van der Waals surface area contributed by atoms with Crippen LogP contribution in [0.4, 0.5) is 0 Å². The maximum Gasteiger partial charge on any atom is 0.261 e. The molecule has 0 aliphatic carbocycles.